The number of pyridine rings is 1. The zero-order valence-electron chi connectivity index (χ0n) is 14.7. The summed E-state index contributed by atoms with van der Waals surface area (Å²) in [5.41, 5.74) is 0.333. The lowest BCUT2D eigenvalue weighted by Crippen LogP contribution is -2.42. The standard InChI is InChI=1S/C16H25Cl2N5O2/c1-4-23(5-2)11(3)10-20-15(24)12-8-13(18)21-14(9-12)22-16(25)19-7-6-17/h8-9,11H,4-7,10H2,1-3H3,(H,20,24)(H2,19,21,22,25). The molecule has 0 bridgehead atoms. The van der Waals surface area contributed by atoms with Crippen molar-refractivity contribution in [1.82, 2.24) is 20.5 Å². The third kappa shape index (κ3) is 7.46. The van der Waals surface area contributed by atoms with Gasteiger partial charge in [-0.25, -0.2) is 9.78 Å². The summed E-state index contributed by atoms with van der Waals surface area (Å²) in [4.78, 5) is 30.2. The number of urea groups is 1. The number of hydrogen-bond donors (Lipinski definition) is 3. The Kier molecular flexibility index (Phi) is 9.55. The molecule has 7 nitrogen and oxygen atoms in total. The quantitative estimate of drug-likeness (QED) is 0.447. The van der Waals surface area contributed by atoms with Crippen LogP contribution in [0.2, 0.25) is 5.15 Å². The summed E-state index contributed by atoms with van der Waals surface area (Å²) in [5, 5.41) is 8.06. The topological polar surface area (TPSA) is 86.4 Å². The molecule has 0 saturated heterocycles. The first-order chi connectivity index (χ1) is 11.9. The molecule has 0 aliphatic rings. The second-order valence-electron chi connectivity index (χ2n) is 5.41. The fraction of sp³-hybridized carbons (Fsp3) is 0.562. The van der Waals surface area contributed by atoms with Crippen LogP contribution in [-0.4, -0.2) is 59.9 Å². The predicted octanol–water partition coefficient (Wildman–Crippen LogP) is 2.56. The third-order valence-electron chi connectivity index (χ3n) is 3.67. The zero-order valence-corrected chi connectivity index (χ0v) is 16.2. The minimum absolute atomic E-state index is 0.122. The largest absolute Gasteiger partial charge is 0.350 e. The monoisotopic (exact) mass is 389 g/mol. The van der Waals surface area contributed by atoms with E-state index in [1.165, 1.54) is 12.1 Å². The lowest BCUT2D eigenvalue weighted by Gasteiger charge is -2.26. The number of halogens is 2. The van der Waals surface area contributed by atoms with Gasteiger partial charge in [0.25, 0.3) is 5.91 Å². The van der Waals surface area contributed by atoms with Gasteiger partial charge in [-0.05, 0) is 32.1 Å². The third-order valence-corrected chi connectivity index (χ3v) is 4.05. The summed E-state index contributed by atoms with van der Waals surface area (Å²) in [7, 11) is 0. The van der Waals surface area contributed by atoms with E-state index in [0.717, 1.165) is 13.1 Å². The van der Waals surface area contributed by atoms with Gasteiger partial charge >= 0.3 is 6.03 Å². The van der Waals surface area contributed by atoms with Gasteiger partial charge in [0.15, 0.2) is 0 Å². The molecule has 9 heteroatoms. The van der Waals surface area contributed by atoms with Gasteiger partial charge in [0.1, 0.15) is 11.0 Å². The van der Waals surface area contributed by atoms with E-state index in [2.05, 4.69) is 46.6 Å². The molecular weight excluding hydrogens is 365 g/mol. The molecule has 1 heterocycles. The molecule has 1 atom stereocenters. The summed E-state index contributed by atoms with van der Waals surface area (Å²) in [6.07, 6.45) is 0. The molecule has 0 saturated carbocycles. The summed E-state index contributed by atoms with van der Waals surface area (Å²) in [5.74, 6) is 0.225. The predicted molar refractivity (Wildman–Crippen MR) is 102 cm³/mol. The van der Waals surface area contributed by atoms with Crippen LogP contribution in [-0.2, 0) is 0 Å². The molecule has 3 N–H and O–H groups in total. The summed E-state index contributed by atoms with van der Waals surface area (Å²) in [6.45, 7) is 8.89. The fourth-order valence-corrected chi connectivity index (χ4v) is 2.63. The number of amides is 3. The van der Waals surface area contributed by atoms with E-state index in [4.69, 9.17) is 23.2 Å². The lowest BCUT2D eigenvalue weighted by atomic mass is 10.2. The number of nitrogens with one attached hydrogen (secondary N) is 3. The normalized spacial score (nSPS) is 11.9. The zero-order chi connectivity index (χ0) is 18.8. The minimum atomic E-state index is -0.461. The number of rotatable bonds is 9. The van der Waals surface area contributed by atoms with Gasteiger partial charge in [-0.2, -0.15) is 0 Å². The van der Waals surface area contributed by atoms with Gasteiger partial charge in [-0.15, -0.1) is 11.6 Å². The molecule has 1 aromatic heterocycles. The van der Waals surface area contributed by atoms with Crippen LogP contribution >= 0.6 is 23.2 Å². The van der Waals surface area contributed by atoms with Gasteiger partial charge in [0.2, 0.25) is 0 Å². The molecule has 3 amide bonds. The van der Waals surface area contributed by atoms with Crippen molar-refractivity contribution < 1.29 is 9.59 Å². The number of nitrogens with zero attached hydrogens (tertiary/aromatic N) is 2. The lowest BCUT2D eigenvalue weighted by molar-refractivity contribution is 0.0938. The van der Waals surface area contributed by atoms with Gasteiger partial charge in [-0.1, -0.05) is 25.4 Å². The van der Waals surface area contributed by atoms with Crippen LogP contribution in [0.5, 0.6) is 0 Å². The highest BCUT2D eigenvalue weighted by Gasteiger charge is 2.14. The second-order valence-corrected chi connectivity index (χ2v) is 6.18. The van der Waals surface area contributed by atoms with E-state index >= 15 is 0 Å². The van der Waals surface area contributed by atoms with Crippen LogP contribution in [0.1, 0.15) is 31.1 Å². The average Bonchev–Trinajstić information content (AvgIpc) is 2.58. The number of aromatic nitrogens is 1. The first-order valence-electron chi connectivity index (χ1n) is 8.21. The van der Waals surface area contributed by atoms with Crippen molar-refractivity contribution >= 4 is 41.0 Å². The first kappa shape index (κ1) is 21.5. The number of anilines is 1. The molecule has 0 spiro atoms. The highest BCUT2D eigenvalue weighted by Crippen LogP contribution is 2.14. The number of likely N-dealkylation sites (N-methyl/N-ethyl adjacent to an activating group) is 1. The summed E-state index contributed by atoms with van der Waals surface area (Å²) < 4.78 is 0. The Balaban J connectivity index is 2.71. The van der Waals surface area contributed by atoms with E-state index in [-0.39, 0.29) is 22.9 Å². The van der Waals surface area contributed by atoms with Gasteiger partial charge in [0.05, 0.1) is 0 Å². The Morgan fingerprint density at radius 1 is 1.24 bits per heavy atom. The molecule has 1 rings (SSSR count). The van der Waals surface area contributed by atoms with Crippen LogP contribution in [0.15, 0.2) is 12.1 Å². The SMILES string of the molecule is CCN(CC)C(C)CNC(=O)c1cc(Cl)nc(NC(=O)NCCCl)c1. The van der Waals surface area contributed by atoms with Gasteiger partial charge < -0.3 is 10.6 Å². The van der Waals surface area contributed by atoms with Crippen molar-refractivity contribution in [2.24, 2.45) is 0 Å². The molecule has 0 aliphatic heterocycles. The maximum absolute atomic E-state index is 12.3. The number of carbonyl (C=O) groups is 2. The molecular formula is C16H25Cl2N5O2. The number of hydrogen-bond acceptors (Lipinski definition) is 4. The van der Waals surface area contributed by atoms with Crippen molar-refractivity contribution in [3.8, 4) is 0 Å². The van der Waals surface area contributed by atoms with Crippen LogP contribution in [0, 0.1) is 0 Å². The van der Waals surface area contributed by atoms with E-state index in [1.54, 1.807) is 0 Å². The van der Waals surface area contributed by atoms with Crippen LogP contribution in [0.25, 0.3) is 0 Å². The Morgan fingerprint density at radius 3 is 2.52 bits per heavy atom. The molecule has 0 radical (unpaired) electrons. The molecule has 140 valence electrons. The summed E-state index contributed by atoms with van der Waals surface area (Å²) >= 11 is 11.5. The van der Waals surface area contributed by atoms with Crippen molar-refractivity contribution in [1.29, 1.82) is 0 Å². The van der Waals surface area contributed by atoms with Crippen molar-refractivity contribution in [3.05, 3.63) is 22.8 Å². The molecule has 1 aromatic rings. The van der Waals surface area contributed by atoms with E-state index in [9.17, 15) is 9.59 Å². The van der Waals surface area contributed by atoms with Crippen LogP contribution in [0.4, 0.5) is 10.6 Å². The highest BCUT2D eigenvalue weighted by atomic mass is 35.5. The molecule has 1 unspecified atom stereocenters. The number of alkyl halides is 1. The molecule has 0 aromatic carbocycles. The van der Waals surface area contributed by atoms with E-state index < -0.39 is 6.03 Å². The average molecular weight is 390 g/mol. The van der Waals surface area contributed by atoms with Crippen LogP contribution in [0.3, 0.4) is 0 Å². The van der Waals surface area contributed by atoms with Crippen molar-refractivity contribution in [2.75, 3.05) is 37.4 Å². The summed E-state index contributed by atoms with van der Waals surface area (Å²) in [6, 6.07) is 2.69. The minimum Gasteiger partial charge on any atom is -0.350 e. The van der Waals surface area contributed by atoms with Gasteiger partial charge in [-0.3, -0.25) is 15.0 Å². The number of carbonyl (C=O) groups excluding carboxylic acids is 2. The maximum atomic E-state index is 12.3. The van der Waals surface area contributed by atoms with Crippen molar-refractivity contribution in [2.45, 2.75) is 26.8 Å². The van der Waals surface area contributed by atoms with Crippen molar-refractivity contribution in [3.63, 3.8) is 0 Å². The Morgan fingerprint density at radius 2 is 1.92 bits per heavy atom. The Hall–Kier alpha value is -1.57. The molecule has 25 heavy (non-hydrogen) atoms. The first-order valence-corrected chi connectivity index (χ1v) is 9.13. The van der Waals surface area contributed by atoms with Gasteiger partial charge in [0, 0.05) is 30.6 Å². The Labute approximate surface area is 158 Å². The Bertz CT molecular complexity index is 582. The maximum Gasteiger partial charge on any atom is 0.320 e. The second kappa shape index (κ2) is 11.1. The fourth-order valence-electron chi connectivity index (χ4n) is 2.33. The molecule has 0 aliphatic carbocycles. The van der Waals surface area contributed by atoms with E-state index in [1.807, 2.05) is 0 Å². The molecule has 0 fully saturated rings. The smallest absolute Gasteiger partial charge is 0.320 e. The highest BCUT2D eigenvalue weighted by molar-refractivity contribution is 6.30. The van der Waals surface area contributed by atoms with E-state index in [0.29, 0.717) is 24.5 Å². The van der Waals surface area contributed by atoms with Crippen LogP contribution < -0.4 is 16.0 Å².